The third kappa shape index (κ3) is 4.35. The highest BCUT2D eigenvalue weighted by molar-refractivity contribution is 7.46. The van der Waals surface area contributed by atoms with Gasteiger partial charge in [0.25, 0.3) is 0 Å². The van der Waals surface area contributed by atoms with Crippen LogP contribution in [0, 0.1) is 11.6 Å². The Morgan fingerprint density at radius 2 is 2.14 bits per heavy atom. The molecule has 0 unspecified atom stereocenters. The number of H-pyrrole nitrogens is 1. The molecule has 1 aromatic heterocycles. The Morgan fingerprint density at radius 3 is 2.82 bits per heavy atom. The van der Waals surface area contributed by atoms with Gasteiger partial charge in [-0.3, -0.25) is 19.7 Å². The molecule has 1 aromatic carbocycles. The number of nitrogens with one attached hydrogen (secondary N) is 2. The van der Waals surface area contributed by atoms with E-state index in [0.717, 1.165) is 12.1 Å². The predicted octanol–water partition coefficient (Wildman–Crippen LogP) is 1.34. The number of carbonyl (C=O) groups excluding carboxylic acids is 1. The number of hydrogen-bond donors (Lipinski definition) is 4. The van der Waals surface area contributed by atoms with E-state index in [9.17, 15) is 18.1 Å². The number of carbonyl (C=O) groups is 1. The number of amides is 1. The SMILES string of the molecule is O=C(Cc1cc(OP(=O)(O)O)n[nH]1)Nc1cccc(F)c1F. The summed E-state index contributed by atoms with van der Waals surface area (Å²) in [5, 5.41) is 7.92. The van der Waals surface area contributed by atoms with Crippen LogP contribution in [0.4, 0.5) is 14.5 Å². The average molecular weight is 333 g/mol. The zero-order chi connectivity index (χ0) is 16.3. The molecule has 0 spiro atoms. The number of halogens is 2. The van der Waals surface area contributed by atoms with Gasteiger partial charge in [-0.2, -0.15) is 0 Å². The smallest absolute Gasteiger partial charge is 0.384 e. The van der Waals surface area contributed by atoms with Crippen molar-refractivity contribution in [3.05, 3.63) is 41.6 Å². The molecule has 0 radical (unpaired) electrons. The Kier molecular flexibility index (Phi) is 4.55. The fourth-order valence-corrected chi connectivity index (χ4v) is 1.90. The van der Waals surface area contributed by atoms with E-state index in [0.29, 0.717) is 0 Å². The number of aromatic amines is 1. The number of hydrogen-bond acceptors (Lipinski definition) is 4. The van der Waals surface area contributed by atoms with Crippen LogP contribution in [0.3, 0.4) is 0 Å². The zero-order valence-electron chi connectivity index (χ0n) is 10.8. The highest BCUT2D eigenvalue weighted by atomic mass is 31.2. The Bertz CT molecular complexity index is 745. The molecular formula is C11H10F2N3O5P. The van der Waals surface area contributed by atoms with E-state index in [2.05, 4.69) is 20.0 Å². The number of phosphoric ester groups is 1. The standard InChI is InChI=1S/C11H10F2N3O5P/c12-7-2-1-3-8(11(7)13)14-9(17)4-6-5-10(16-15-6)21-22(18,19)20/h1-3,5H,4H2,(H,14,17)(H,15,16)(H2,18,19,20). The topological polar surface area (TPSA) is 125 Å². The van der Waals surface area contributed by atoms with Crippen molar-refractivity contribution in [2.45, 2.75) is 6.42 Å². The summed E-state index contributed by atoms with van der Waals surface area (Å²) in [5.74, 6) is -3.37. The van der Waals surface area contributed by atoms with Gasteiger partial charge in [-0.15, -0.1) is 5.10 Å². The molecule has 2 aromatic rings. The van der Waals surface area contributed by atoms with Gasteiger partial charge in [0.1, 0.15) is 0 Å². The molecular weight excluding hydrogens is 323 g/mol. The Hall–Kier alpha value is -2.29. The summed E-state index contributed by atoms with van der Waals surface area (Å²) < 4.78 is 41.2. The number of aromatic nitrogens is 2. The van der Waals surface area contributed by atoms with Crippen molar-refractivity contribution < 1.29 is 32.5 Å². The summed E-state index contributed by atoms with van der Waals surface area (Å²) in [4.78, 5) is 28.9. The monoisotopic (exact) mass is 333 g/mol. The molecule has 0 aliphatic heterocycles. The molecule has 8 nitrogen and oxygen atoms in total. The molecule has 0 bridgehead atoms. The van der Waals surface area contributed by atoms with Crippen LogP contribution in [-0.2, 0) is 15.8 Å². The van der Waals surface area contributed by atoms with Crippen molar-refractivity contribution in [3.8, 4) is 5.88 Å². The van der Waals surface area contributed by atoms with Gasteiger partial charge in [0.05, 0.1) is 12.1 Å². The molecule has 0 aliphatic carbocycles. The van der Waals surface area contributed by atoms with Gasteiger partial charge < -0.3 is 9.84 Å². The maximum atomic E-state index is 13.4. The van der Waals surface area contributed by atoms with Crippen molar-refractivity contribution in [2.75, 3.05) is 5.32 Å². The quantitative estimate of drug-likeness (QED) is 0.612. The predicted molar refractivity (Wildman–Crippen MR) is 70.0 cm³/mol. The minimum atomic E-state index is -4.75. The lowest BCUT2D eigenvalue weighted by Gasteiger charge is -2.05. The summed E-state index contributed by atoms with van der Waals surface area (Å²) in [6, 6.07) is 4.42. The van der Waals surface area contributed by atoms with Crippen LogP contribution in [0.25, 0.3) is 0 Å². The van der Waals surface area contributed by atoms with Gasteiger partial charge in [0.15, 0.2) is 11.6 Å². The van der Waals surface area contributed by atoms with E-state index in [4.69, 9.17) is 9.79 Å². The zero-order valence-corrected chi connectivity index (χ0v) is 11.7. The van der Waals surface area contributed by atoms with Crippen LogP contribution in [-0.4, -0.2) is 25.9 Å². The number of rotatable bonds is 5. The second-order valence-electron chi connectivity index (χ2n) is 4.14. The minimum Gasteiger partial charge on any atom is -0.384 e. The Balaban J connectivity index is 2.01. The first-order valence-corrected chi connectivity index (χ1v) is 7.31. The van der Waals surface area contributed by atoms with E-state index in [-0.39, 0.29) is 17.8 Å². The van der Waals surface area contributed by atoms with Gasteiger partial charge >= 0.3 is 7.82 Å². The molecule has 11 heteroatoms. The van der Waals surface area contributed by atoms with Crippen molar-refractivity contribution >= 4 is 19.4 Å². The van der Waals surface area contributed by atoms with Crippen LogP contribution < -0.4 is 9.84 Å². The normalized spacial score (nSPS) is 11.3. The molecule has 0 saturated carbocycles. The van der Waals surface area contributed by atoms with Gasteiger partial charge in [-0.25, -0.2) is 13.3 Å². The van der Waals surface area contributed by atoms with Crippen LogP contribution in [0.15, 0.2) is 24.3 Å². The van der Waals surface area contributed by atoms with Crippen LogP contribution in [0.2, 0.25) is 0 Å². The largest absolute Gasteiger partial charge is 0.526 e. The summed E-state index contributed by atoms with van der Waals surface area (Å²) in [6.07, 6.45) is -0.312. The summed E-state index contributed by atoms with van der Waals surface area (Å²) in [6.45, 7) is 0. The maximum Gasteiger partial charge on any atom is 0.526 e. The third-order valence-corrected chi connectivity index (χ3v) is 2.82. The van der Waals surface area contributed by atoms with E-state index in [1.165, 1.54) is 12.1 Å². The molecule has 2 rings (SSSR count). The lowest BCUT2D eigenvalue weighted by molar-refractivity contribution is -0.115. The second-order valence-corrected chi connectivity index (χ2v) is 5.30. The van der Waals surface area contributed by atoms with E-state index >= 15 is 0 Å². The number of phosphoric acid groups is 1. The van der Waals surface area contributed by atoms with Crippen molar-refractivity contribution in [3.63, 3.8) is 0 Å². The van der Waals surface area contributed by atoms with Gasteiger partial charge in [0, 0.05) is 11.8 Å². The van der Waals surface area contributed by atoms with Crippen molar-refractivity contribution in [2.24, 2.45) is 0 Å². The number of anilines is 1. The number of benzene rings is 1. The van der Waals surface area contributed by atoms with Gasteiger partial charge in [0.2, 0.25) is 11.8 Å². The lowest BCUT2D eigenvalue weighted by atomic mass is 10.2. The van der Waals surface area contributed by atoms with Gasteiger partial charge in [-0.1, -0.05) is 6.07 Å². The van der Waals surface area contributed by atoms with Crippen LogP contribution >= 0.6 is 7.82 Å². The molecule has 1 amide bonds. The Labute approximate surface area is 122 Å². The fraction of sp³-hybridized carbons (Fsp3) is 0.0909. The fourth-order valence-electron chi connectivity index (χ4n) is 1.57. The number of nitrogens with zero attached hydrogens (tertiary/aromatic N) is 1. The van der Waals surface area contributed by atoms with Crippen LogP contribution in [0.1, 0.15) is 5.69 Å². The van der Waals surface area contributed by atoms with E-state index in [1.54, 1.807) is 0 Å². The van der Waals surface area contributed by atoms with Gasteiger partial charge in [-0.05, 0) is 12.1 Å². The summed E-state index contributed by atoms with van der Waals surface area (Å²) in [5.41, 5.74) is -0.158. The molecule has 0 aliphatic rings. The first-order chi connectivity index (χ1) is 10.2. The molecule has 118 valence electrons. The average Bonchev–Trinajstić information content (AvgIpc) is 2.79. The molecule has 0 saturated heterocycles. The highest BCUT2D eigenvalue weighted by Gasteiger charge is 2.19. The Morgan fingerprint density at radius 1 is 1.41 bits per heavy atom. The summed E-state index contributed by atoms with van der Waals surface area (Å²) >= 11 is 0. The molecule has 0 fully saturated rings. The third-order valence-electron chi connectivity index (χ3n) is 2.40. The lowest BCUT2D eigenvalue weighted by Crippen LogP contribution is -2.16. The van der Waals surface area contributed by atoms with Crippen LogP contribution in [0.5, 0.6) is 5.88 Å². The molecule has 1 heterocycles. The molecule has 0 atom stereocenters. The van der Waals surface area contributed by atoms with Crippen molar-refractivity contribution in [1.82, 2.24) is 10.2 Å². The first-order valence-electron chi connectivity index (χ1n) is 5.78. The maximum absolute atomic E-state index is 13.4. The minimum absolute atomic E-state index is 0.165. The van der Waals surface area contributed by atoms with Crippen molar-refractivity contribution in [1.29, 1.82) is 0 Å². The summed E-state index contributed by atoms with van der Waals surface area (Å²) in [7, 11) is -4.75. The van der Waals surface area contributed by atoms with E-state index < -0.39 is 31.2 Å². The molecule has 22 heavy (non-hydrogen) atoms. The molecule has 4 N–H and O–H groups in total. The van der Waals surface area contributed by atoms with E-state index in [1.807, 2.05) is 0 Å². The highest BCUT2D eigenvalue weighted by Crippen LogP contribution is 2.36. The first kappa shape index (κ1) is 16.1. The second kappa shape index (κ2) is 6.22.